The minimum absolute atomic E-state index is 0.00775. The number of hydrogen-bond acceptors (Lipinski definition) is 4. The van der Waals surface area contributed by atoms with Gasteiger partial charge in [-0.1, -0.05) is 18.2 Å². The molecule has 0 N–H and O–H groups in total. The number of aromatic nitrogens is 1. The van der Waals surface area contributed by atoms with Gasteiger partial charge in [0, 0.05) is 17.3 Å². The van der Waals surface area contributed by atoms with Gasteiger partial charge in [-0.15, -0.1) is 0 Å². The normalized spacial score (nSPS) is 17.9. The molecule has 4 nitrogen and oxygen atoms in total. The van der Waals surface area contributed by atoms with Crippen LogP contribution < -0.4 is 9.47 Å². The Morgan fingerprint density at radius 2 is 2.05 bits per heavy atom. The fraction of sp³-hybridized carbons (Fsp3) is 0.176. The largest absolute Gasteiger partial charge is 0.454 e. The van der Waals surface area contributed by atoms with E-state index in [0.717, 1.165) is 35.3 Å². The molecule has 2 aromatic rings. The Hall–Kier alpha value is -2.62. The van der Waals surface area contributed by atoms with E-state index in [0.29, 0.717) is 11.4 Å². The lowest BCUT2D eigenvalue weighted by Gasteiger charge is -2.16. The molecule has 0 bridgehead atoms. The van der Waals surface area contributed by atoms with E-state index in [2.05, 4.69) is 4.98 Å². The lowest BCUT2D eigenvalue weighted by atomic mass is 9.89. The van der Waals surface area contributed by atoms with E-state index in [1.807, 2.05) is 36.4 Å². The Balaban J connectivity index is 1.75. The van der Waals surface area contributed by atoms with Crippen LogP contribution in [0.4, 0.5) is 0 Å². The summed E-state index contributed by atoms with van der Waals surface area (Å²) in [5.41, 5.74) is 3.25. The van der Waals surface area contributed by atoms with Crippen LogP contribution in [0.25, 0.3) is 6.08 Å². The molecule has 2 aliphatic rings. The predicted octanol–water partition coefficient (Wildman–Crippen LogP) is 3.02. The van der Waals surface area contributed by atoms with Crippen LogP contribution in [-0.4, -0.2) is 17.6 Å². The summed E-state index contributed by atoms with van der Waals surface area (Å²) in [6.45, 7) is 0.230. The SMILES string of the molecule is O=C1/C(=C/c2cccc3c2OCO3)CCc2cccnc21. The first-order chi connectivity index (χ1) is 10.3. The molecule has 1 aliphatic heterocycles. The molecule has 0 saturated carbocycles. The summed E-state index contributed by atoms with van der Waals surface area (Å²) in [5, 5.41) is 0. The predicted molar refractivity (Wildman–Crippen MR) is 77.4 cm³/mol. The van der Waals surface area contributed by atoms with Gasteiger partial charge in [0.05, 0.1) is 0 Å². The average molecular weight is 279 g/mol. The van der Waals surface area contributed by atoms with Gasteiger partial charge >= 0.3 is 0 Å². The number of ether oxygens (including phenoxy) is 2. The Bertz CT molecular complexity index is 764. The summed E-state index contributed by atoms with van der Waals surface area (Å²) in [6.07, 6.45) is 5.12. The molecule has 0 atom stereocenters. The van der Waals surface area contributed by atoms with Crippen molar-refractivity contribution < 1.29 is 14.3 Å². The Morgan fingerprint density at radius 3 is 3.00 bits per heavy atom. The fourth-order valence-electron chi connectivity index (χ4n) is 2.77. The number of ketones is 1. The molecule has 4 heteroatoms. The molecule has 1 aromatic heterocycles. The maximum Gasteiger partial charge on any atom is 0.231 e. The van der Waals surface area contributed by atoms with Crippen LogP contribution >= 0.6 is 0 Å². The summed E-state index contributed by atoms with van der Waals surface area (Å²) in [6, 6.07) is 9.54. The second-order valence-corrected chi connectivity index (χ2v) is 5.09. The zero-order chi connectivity index (χ0) is 14.2. The number of para-hydroxylation sites is 1. The number of hydrogen-bond donors (Lipinski definition) is 0. The third kappa shape index (κ3) is 2.00. The van der Waals surface area contributed by atoms with Crippen LogP contribution in [0.15, 0.2) is 42.1 Å². The third-order valence-corrected chi connectivity index (χ3v) is 3.82. The monoisotopic (exact) mass is 279 g/mol. The molecule has 0 fully saturated rings. The Kier molecular flexibility index (Phi) is 2.74. The molecule has 1 aromatic carbocycles. The maximum absolute atomic E-state index is 12.5. The topological polar surface area (TPSA) is 48.4 Å². The van der Waals surface area contributed by atoms with Crippen LogP contribution in [0.2, 0.25) is 0 Å². The van der Waals surface area contributed by atoms with Crippen molar-refractivity contribution in [2.75, 3.05) is 6.79 Å². The van der Waals surface area contributed by atoms with Crippen molar-refractivity contribution in [3.63, 3.8) is 0 Å². The van der Waals surface area contributed by atoms with Gasteiger partial charge in [0.15, 0.2) is 11.5 Å². The molecule has 0 unspecified atom stereocenters. The van der Waals surface area contributed by atoms with Gasteiger partial charge in [0.2, 0.25) is 12.6 Å². The van der Waals surface area contributed by atoms with Crippen molar-refractivity contribution in [1.29, 1.82) is 0 Å². The number of carbonyl (C=O) groups excluding carboxylic acids is 1. The lowest BCUT2D eigenvalue weighted by Crippen LogP contribution is -2.15. The highest BCUT2D eigenvalue weighted by Crippen LogP contribution is 2.37. The van der Waals surface area contributed by atoms with Crippen molar-refractivity contribution in [2.45, 2.75) is 12.8 Å². The molecule has 21 heavy (non-hydrogen) atoms. The number of allylic oxidation sites excluding steroid dienone is 1. The van der Waals surface area contributed by atoms with E-state index in [1.165, 1.54) is 0 Å². The minimum atomic E-state index is 0.00775. The number of fused-ring (bicyclic) bond motifs is 2. The zero-order valence-electron chi connectivity index (χ0n) is 11.3. The van der Waals surface area contributed by atoms with E-state index in [4.69, 9.17) is 9.47 Å². The second kappa shape index (κ2) is 4.74. The van der Waals surface area contributed by atoms with Gasteiger partial charge in [-0.3, -0.25) is 9.78 Å². The van der Waals surface area contributed by atoms with Crippen molar-refractivity contribution in [2.24, 2.45) is 0 Å². The van der Waals surface area contributed by atoms with Gasteiger partial charge in [0.25, 0.3) is 0 Å². The van der Waals surface area contributed by atoms with Gasteiger partial charge in [-0.2, -0.15) is 0 Å². The van der Waals surface area contributed by atoms with Crippen LogP contribution in [0.1, 0.15) is 28.0 Å². The van der Waals surface area contributed by atoms with E-state index in [-0.39, 0.29) is 12.6 Å². The van der Waals surface area contributed by atoms with Crippen LogP contribution in [0, 0.1) is 0 Å². The smallest absolute Gasteiger partial charge is 0.231 e. The molecule has 0 spiro atoms. The number of rotatable bonds is 1. The Labute approximate surface area is 122 Å². The van der Waals surface area contributed by atoms with Crippen molar-refractivity contribution in [1.82, 2.24) is 4.98 Å². The number of aryl methyl sites for hydroxylation is 1. The summed E-state index contributed by atoms with van der Waals surface area (Å²) in [4.78, 5) is 16.7. The summed E-state index contributed by atoms with van der Waals surface area (Å²) in [7, 11) is 0. The third-order valence-electron chi connectivity index (χ3n) is 3.82. The van der Waals surface area contributed by atoms with Crippen molar-refractivity contribution in [3.8, 4) is 11.5 Å². The Morgan fingerprint density at radius 1 is 1.10 bits per heavy atom. The van der Waals surface area contributed by atoms with Gasteiger partial charge in [-0.25, -0.2) is 0 Å². The van der Waals surface area contributed by atoms with E-state index in [9.17, 15) is 4.79 Å². The quantitative estimate of drug-likeness (QED) is 0.753. The molecule has 1 aliphatic carbocycles. The average Bonchev–Trinajstić information content (AvgIpc) is 3.00. The van der Waals surface area contributed by atoms with Crippen molar-refractivity contribution in [3.05, 3.63) is 58.9 Å². The summed E-state index contributed by atoms with van der Waals surface area (Å²) < 4.78 is 10.8. The number of Topliss-reactive ketones (excluding diaryl/α,β-unsaturated/α-hetero) is 1. The van der Waals surface area contributed by atoms with Crippen LogP contribution in [0.5, 0.6) is 11.5 Å². The summed E-state index contributed by atoms with van der Waals surface area (Å²) >= 11 is 0. The fourth-order valence-corrected chi connectivity index (χ4v) is 2.77. The number of benzene rings is 1. The first-order valence-corrected chi connectivity index (χ1v) is 6.91. The highest BCUT2D eigenvalue weighted by molar-refractivity contribution is 6.12. The molecular weight excluding hydrogens is 266 g/mol. The van der Waals surface area contributed by atoms with E-state index < -0.39 is 0 Å². The molecule has 0 amide bonds. The summed E-state index contributed by atoms with van der Waals surface area (Å²) in [5.74, 6) is 1.45. The minimum Gasteiger partial charge on any atom is -0.454 e. The molecule has 0 saturated heterocycles. The van der Waals surface area contributed by atoms with E-state index >= 15 is 0 Å². The highest BCUT2D eigenvalue weighted by Gasteiger charge is 2.24. The van der Waals surface area contributed by atoms with Gasteiger partial charge in [0.1, 0.15) is 5.69 Å². The first-order valence-electron chi connectivity index (χ1n) is 6.91. The zero-order valence-corrected chi connectivity index (χ0v) is 11.3. The molecule has 104 valence electrons. The molecule has 4 rings (SSSR count). The lowest BCUT2D eigenvalue weighted by molar-refractivity contribution is 0.102. The highest BCUT2D eigenvalue weighted by atomic mass is 16.7. The van der Waals surface area contributed by atoms with E-state index in [1.54, 1.807) is 6.20 Å². The van der Waals surface area contributed by atoms with Crippen LogP contribution in [0.3, 0.4) is 0 Å². The molecule has 0 radical (unpaired) electrons. The number of nitrogens with zero attached hydrogens (tertiary/aromatic N) is 1. The molecule has 2 heterocycles. The number of pyridine rings is 1. The standard InChI is InChI=1S/C17H13NO3/c19-16-12(7-6-11-4-2-8-18-15(11)16)9-13-3-1-5-14-17(13)21-10-20-14/h1-5,8-9H,6-7,10H2/b12-9+. The van der Waals surface area contributed by atoms with Gasteiger partial charge < -0.3 is 9.47 Å². The second-order valence-electron chi connectivity index (χ2n) is 5.09. The first kappa shape index (κ1) is 12.1. The van der Waals surface area contributed by atoms with Crippen molar-refractivity contribution >= 4 is 11.9 Å². The maximum atomic E-state index is 12.5. The van der Waals surface area contributed by atoms with Gasteiger partial charge in [-0.05, 0) is 36.6 Å². The molecular formula is C17H13NO3. The van der Waals surface area contributed by atoms with Crippen LogP contribution in [-0.2, 0) is 6.42 Å². The number of carbonyl (C=O) groups is 1.